The van der Waals surface area contributed by atoms with Gasteiger partial charge in [0.15, 0.2) is 5.65 Å². The van der Waals surface area contributed by atoms with Gasteiger partial charge in [0.05, 0.1) is 6.20 Å². The number of nitrogens with one attached hydrogen (secondary N) is 3. The maximum Gasteiger partial charge on any atom is 0.251 e. The first-order valence-corrected chi connectivity index (χ1v) is 10.7. The van der Waals surface area contributed by atoms with E-state index in [1.54, 1.807) is 29.2 Å². The van der Waals surface area contributed by atoms with Gasteiger partial charge >= 0.3 is 0 Å². The SMILES string of the molecule is C=C1C/C(=C\c2cnn3c(NCc4cccnc4)cc(Nc4cccc(Cl)c4)nc23)C(=O)N1. The van der Waals surface area contributed by atoms with Gasteiger partial charge in [-0.2, -0.15) is 9.61 Å². The highest BCUT2D eigenvalue weighted by molar-refractivity contribution is 6.30. The van der Waals surface area contributed by atoms with Gasteiger partial charge in [-0.3, -0.25) is 9.78 Å². The molecule has 0 unspecified atom stereocenters. The van der Waals surface area contributed by atoms with Crippen molar-refractivity contribution in [1.29, 1.82) is 0 Å². The van der Waals surface area contributed by atoms with Crippen LogP contribution < -0.4 is 16.0 Å². The molecule has 1 aliphatic heterocycles. The molecule has 0 radical (unpaired) electrons. The maximum atomic E-state index is 12.2. The molecule has 1 aromatic carbocycles. The molecule has 1 aliphatic rings. The number of rotatable bonds is 6. The first kappa shape index (κ1) is 20.7. The van der Waals surface area contributed by atoms with E-state index in [2.05, 4.69) is 32.6 Å². The Hall–Kier alpha value is -4.17. The number of hydrogen-bond donors (Lipinski definition) is 3. The van der Waals surface area contributed by atoms with Gasteiger partial charge in [0.1, 0.15) is 11.6 Å². The van der Waals surface area contributed by atoms with Crippen LogP contribution in [0.3, 0.4) is 0 Å². The van der Waals surface area contributed by atoms with Crippen LogP contribution in [0.1, 0.15) is 17.5 Å². The summed E-state index contributed by atoms with van der Waals surface area (Å²) >= 11 is 6.14. The van der Waals surface area contributed by atoms with E-state index < -0.39 is 0 Å². The number of amides is 1. The first-order valence-electron chi connectivity index (χ1n) is 10.3. The summed E-state index contributed by atoms with van der Waals surface area (Å²) in [7, 11) is 0. The monoisotopic (exact) mass is 457 g/mol. The molecule has 164 valence electrons. The van der Waals surface area contributed by atoms with Crippen molar-refractivity contribution < 1.29 is 4.79 Å². The topological polar surface area (TPSA) is 96.2 Å². The smallest absolute Gasteiger partial charge is 0.251 e. The number of fused-ring (bicyclic) bond motifs is 1. The number of anilines is 3. The number of carbonyl (C=O) groups is 1. The lowest BCUT2D eigenvalue weighted by atomic mass is 10.1. The van der Waals surface area contributed by atoms with Crippen molar-refractivity contribution in [2.75, 3.05) is 10.6 Å². The van der Waals surface area contributed by atoms with Crippen LogP contribution in [0.4, 0.5) is 17.3 Å². The Morgan fingerprint density at radius 2 is 2.12 bits per heavy atom. The molecule has 1 amide bonds. The number of halogens is 1. The van der Waals surface area contributed by atoms with Crippen molar-refractivity contribution in [3.05, 3.63) is 95.1 Å². The van der Waals surface area contributed by atoms with Gasteiger partial charge in [0, 0.05) is 59.0 Å². The highest BCUT2D eigenvalue weighted by Gasteiger charge is 2.21. The largest absolute Gasteiger partial charge is 0.366 e. The van der Waals surface area contributed by atoms with E-state index in [0.717, 1.165) is 22.6 Å². The van der Waals surface area contributed by atoms with E-state index in [4.69, 9.17) is 16.6 Å². The number of hydrogen-bond acceptors (Lipinski definition) is 6. The second-order valence-corrected chi connectivity index (χ2v) is 8.05. The Labute approximate surface area is 195 Å². The maximum absolute atomic E-state index is 12.2. The summed E-state index contributed by atoms with van der Waals surface area (Å²) in [6.07, 6.45) is 7.52. The normalized spacial score (nSPS) is 14.6. The van der Waals surface area contributed by atoms with Crippen LogP contribution in [0.25, 0.3) is 11.7 Å². The summed E-state index contributed by atoms with van der Waals surface area (Å²) in [5.41, 5.74) is 4.47. The molecule has 9 heteroatoms. The summed E-state index contributed by atoms with van der Waals surface area (Å²) in [4.78, 5) is 21.1. The minimum absolute atomic E-state index is 0.150. The molecule has 3 aromatic heterocycles. The lowest BCUT2D eigenvalue weighted by molar-refractivity contribution is -0.115. The van der Waals surface area contributed by atoms with Crippen molar-refractivity contribution in [3.63, 3.8) is 0 Å². The summed E-state index contributed by atoms with van der Waals surface area (Å²) in [6.45, 7) is 4.39. The van der Waals surface area contributed by atoms with Crippen molar-refractivity contribution in [2.45, 2.75) is 13.0 Å². The van der Waals surface area contributed by atoms with Crippen LogP contribution in [0.2, 0.25) is 5.02 Å². The van der Waals surface area contributed by atoms with Gasteiger partial charge in [-0.1, -0.05) is 30.3 Å². The average molecular weight is 458 g/mol. The van der Waals surface area contributed by atoms with E-state index >= 15 is 0 Å². The molecular weight excluding hydrogens is 438 g/mol. The second kappa shape index (κ2) is 8.76. The molecule has 4 heterocycles. The number of nitrogens with zero attached hydrogens (tertiary/aromatic N) is 4. The van der Waals surface area contributed by atoms with Gasteiger partial charge in [0.25, 0.3) is 5.91 Å². The van der Waals surface area contributed by atoms with E-state index in [1.807, 2.05) is 42.5 Å². The van der Waals surface area contributed by atoms with Crippen LogP contribution in [0, 0.1) is 0 Å². The Morgan fingerprint density at radius 1 is 1.21 bits per heavy atom. The van der Waals surface area contributed by atoms with Crippen molar-refractivity contribution in [3.8, 4) is 0 Å². The van der Waals surface area contributed by atoms with Crippen molar-refractivity contribution in [1.82, 2.24) is 24.9 Å². The average Bonchev–Trinajstić information content (AvgIpc) is 3.35. The third kappa shape index (κ3) is 4.56. The fraction of sp³-hybridized carbons (Fsp3) is 0.0833. The van der Waals surface area contributed by atoms with Crippen LogP contribution in [-0.4, -0.2) is 25.5 Å². The summed E-state index contributed by atoms with van der Waals surface area (Å²) in [6, 6.07) is 13.2. The van der Waals surface area contributed by atoms with Gasteiger partial charge in [-0.15, -0.1) is 0 Å². The molecule has 8 nitrogen and oxygen atoms in total. The number of pyridine rings is 1. The number of aromatic nitrogens is 4. The van der Waals surface area contributed by atoms with Gasteiger partial charge in [-0.25, -0.2) is 4.98 Å². The first-order chi connectivity index (χ1) is 16.0. The fourth-order valence-electron chi connectivity index (χ4n) is 3.58. The number of benzene rings is 1. The molecule has 4 aromatic rings. The molecule has 0 saturated carbocycles. The number of carbonyl (C=O) groups excluding carboxylic acids is 1. The molecule has 3 N–H and O–H groups in total. The van der Waals surface area contributed by atoms with Crippen LogP contribution in [0.5, 0.6) is 0 Å². The van der Waals surface area contributed by atoms with E-state index in [-0.39, 0.29) is 5.91 Å². The molecule has 1 saturated heterocycles. The van der Waals surface area contributed by atoms with Crippen LogP contribution in [-0.2, 0) is 11.3 Å². The molecule has 0 spiro atoms. The van der Waals surface area contributed by atoms with E-state index in [0.29, 0.717) is 40.7 Å². The summed E-state index contributed by atoms with van der Waals surface area (Å²) in [5.74, 6) is 1.19. The highest BCUT2D eigenvalue weighted by Crippen LogP contribution is 2.26. The van der Waals surface area contributed by atoms with E-state index in [9.17, 15) is 4.79 Å². The minimum Gasteiger partial charge on any atom is -0.366 e. The summed E-state index contributed by atoms with van der Waals surface area (Å²) < 4.78 is 1.72. The minimum atomic E-state index is -0.150. The lowest BCUT2D eigenvalue weighted by Gasteiger charge is -2.12. The highest BCUT2D eigenvalue weighted by atomic mass is 35.5. The lowest BCUT2D eigenvalue weighted by Crippen LogP contribution is -2.12. The van der Waals surface area contributed by atoms with E-state index in [1.165, 1.54) is 0 Å². The zero-order chi connectivity index (χ0) is 22.8. The molecule has 0 aliphatic carbocycles. The zero-order valence-corrected chi connectivity index (χ0v) is 18.3. The fourth-order valence-corrected chi connectivity index (χ4v) is 3.77. The van der Waals surface area contributed by atoms with Gasteiger partial charge < -0.3 is 16.0 Å². The Balaban J connectivity index is 1.55. The standard InChI is InChI=1S/C24H20ClN7O/c1-15-8-17(24(33)29-15)9-18-14-28-32-22(27-13-16-4-3-7-26-12-16)11-21(31-23(18)32)30-20-6-2-5-19(25)10-20/h2-7,9-12,14,27H,1,8,13H2,(H,29,33)(H,30,31)/b17-9+. The Kier molecular flexibility index (Phi) is 5.50. The second-order valence-electron chi connectivity index (χ2n) is 7.62. The Morgan fingerprint density at radius 3 is 2.88 bits per heavy atom. The number of allylic oxidation sites excluding steroid dienone is 1. The van der Waals surface area contributed by atoms with Crippen molar-refractivity contribution in [2.24, 2.45) is 0 Å². The quantitative estimate of drug-likeness (QED) is 0.367. The van der Waals surface area contributed by atoms with Crippen LogP contribution in [0.15, 0.2) is 78.9 Å². The third-order valence-electron chi connectivity index (χ3n) is 5.11. The Bertz CT molecular complexity index is 1390. The predicted molar refractivity (Wildman–Crippen MR) is 129 cm³/mol. The molecular formula is C24H20ClN7O. The third-order valence-corrected chi connectivity index (χ3v) is 5.34. The van der Waals surface area contributed by atoms with Crippen LogP contribution >= 0.6 is 11.6 Å². The molecule has 1 fully saturated rings. The summed E-state index contributed by atoms with van der Waals surface area (Å²) in [5, 5.41) is 14.6. The van der Waals surface area contributed by atoms with Gasteiger partial charge in [-0.05, 0) is 35.9 Å². The zero-order valence-electron chi connectivity index (χ0n) is 17.5. The molecule has 0 bridgehead atoms. The van der Waals surface area contributed by atoms with Crippen molar-refractivity contribution >= 4 is 46.6 Å². The molecule has 5 rings (SSSR count). The van der Waals surface area contributed by atoms with Gasteiger partial charge in [0.2, 0.25) is 0 Å². The molecule has 0 atom stereocenters. The predicted octanol–water partition coefficient (Wildman–Crippen LogP) is 4.55. The molecule has 33 heavy (non-hydrogen) atoms.